The Hall–Kier alpha value is -2.01. The molecule has 0 spiro atoms. The summed E-state index contributed by atoms with van der Waals surface area (Å²) >= 11 is 0. The van der Waals surface area contributed by atoms with Gasteiger partial charge in [-0.25, -0.2) is 9.97 Å². The monoisotopic (exact) mass is 300 g/mol. The molecule has 0 aliphatic heterocycles. The van der Waals surface area contributed by atoms with Gasteiger partial charge in [0.2, 0.25) is 0 Å². The van der Waals surface area contributed by atoms with E-state index in [2.05, 4.69) is 27.2 Å². The molecule has 22 heavy (non-hydrogen) atoms. The lowest BCUT2D eigenvalue weighted by atomic mass is 9.89. The fourth-order valence-corrected chi connectivity index (χ4v) is 1.89. The molecule has 2 heterocycles. The number of hydrogen-bond acceptors (Lipinski definition) is 5. The summed E-state index contributed by atoms with van der Waals surface area (Å²) in [4.78, 5) is 13.3. The highest BCUT2D eigenvalue weighted by Crippen LogP contribution is 2.20. The molecule has 5 nitrogen and oxygen atoms in total. The third kappa shape index (κ3) is 4.24. The summed E-state index contributed by atoms with van der Waals surface area (Å²) in [5.41, 5.74) is 1.53. The molecule has 0 aliphatic carbocycles. The third-order valence-electron chi connectivity index (χ3n) is 3.51. The van der Waals surface area contributed by atoms with E-state index in [0.29, 0.717) is 12.4 Å². The zero-order valence-electron chi connectivity index (χ0n) is 13.7. The molecule has 0 fully saturated rings. The highest BCUT2D eigenvalue weighted by Gasteiger charge is 2.21. The zero-order chi connectivity index (χ0) is 16.2. The molecule has 0 radical (unpaired) electrons. The number of aliphatic hydroxyl groups excluding tert-OH is 1. The molecule has 0 aromatic carbocycles. The van der Waals surface area contributed by atoms with Crippen molar-refractivity contribution in [2.45, 2.75) is 40.2 Å². The van der Waals surface area contributed by atoms with Crippen LogP contribution in [0.3, 0.4) is 0 Å². The van der Waals surface area contributed by atoms with Gasteiger partial charge in [0.1, 0.15) is 11.5 Å². The molecule has 0 aliphatic rings. The van der Waals surface area contributed by atoms with E-state index in [1.807, 2.05) is 45.0 Å². The second-order valence-electron chi connectivity index (χ2n) is 6.40. The van der Waals surface area contributed by atoms with Crippen molar-refractivity contribution in [2.24, 2.45) is 5.41 Å². The summed E-state index contributed by atoms with van der Waals surface area (Å²) in [6.45, 7) is 8.53. The number of nitrogens with one attached hydrogen (secondary N) is 1. The number of aromatic nitrogens is 3. The van der Waals surface area contributed by atoms with Crippen molar-refractivity contribution >= 4 is 5.82 Å². The molecule has 2 aromatic heterocycles. The number of hydrogen-bond donors (Lipinski definition) is 2. The Kier molecular flexibility index (Phi) is 5.08. The van der Waals surface area contributed by atoms with Crippen LogP contribution in [0.1, 0.15) is 33.4 Å². The van der Waals surface area contributed by atoms with Crippen molar-refractivity contribution in [3.05, 3.63) is 36.2 Å². The van der Waals surface area contributed by atoms with E-state index in [4.69, 9.17) is 0 Å². The lowest BCUT2D eigenvalue weighted by Gasteiger charge is -2.26. The van der Waals surface area contributed by atoms with Crippen molar-refractivity contribution in [2.75, 3.05) is 11.9 Å². The van der Waals surface area contributed by atoms with Crippen molar-refractivity contribution in [3.63, 3.8) is 0 Å². The van der Waals surface area contributed by atoms with E-state index in [1.54, 1.807) is 6.20 Å². The van der Waals surface area contributed by atoms with E-state index in [1.165, 1.54) is 0 Å². The first kappa shape index (κ1) is 16.4. The van der Waals surface area contributed by atoms with Crippen molar-refractivity contribution < 1.29 is 5.11 Å². The van der Waals surface area contributed by atoms with Crippen LogP contribution in [-0.4, -0.2) is 32.7 Å². The Bertz CT molecular complexity index is 608. The summed E-state index contributed by atoms with van der Waals surface area (Å²) in [6.07, 6.45) is 2.10. The van der Waals surface area contributed by atoms with E-state index in [-0.39, 0.29) is 5.41 Å². The minimum absolute atomic E-state index is 0.169. The summed E-state index contributed by atoms with van der Waals surface area (Å²) < 4.78 is 0. The summed E-state index contributed by atoms with van der Waals surface area (Å²) in [7, 11) is 0. The Balaban J connectivity index is 2.21. The van der Waals surface area contributed by atoms with Gasteiger partial charge in [-0.1, -0.05) is 33.8 Å². The van der Waals surface area contributed by atoms with Gasteiger partial charge in [-0.15, -0.1) is 0 Å². The van der Waals surface area contributed by atoms with Crippen LogP contribution in [0.15, 0.2) is 30.5 Å². The van der Waals surface area contributed by atoms with Crippen molar-refractivity contribution in [1.29, 1.82) is 0 Å². The maximum absolute atomic E-state index is 10.1. The molecule has 1 unspecified atom stereocenters. The Morgan fingerprint density at radius 3 is 2.59 bits per heavy atom. The van der Waals surface area contributed by atoms with E-state index >= 15 is 0 Å². The van der Waals surface area contributed by atoms with Crippen LogP contribution in [0.5, 0.6) is 0 Å². The maximum atomic E-state index is 10.1. The van der Waals surface area contributed by atoms with E-state index < -0.39 is 6.10 Å². The quantitative estimate of drug-likeness (QED) is 0.888. The van der Waals surface area contributed by atoms with Crippen LogP contribution >= 0.6 is 0 Å². The minimum Gasteiger partial charge on any atom is -0.391 e. The highest BCUT2D eigenvalue weighted by atomic mass is 16.3. The molecule has 0 amide bonds. The lowest BCUT2D eigenvalue weighted by molar-refractivity contribution is 0.0745. The first-order chi connectivity index (χ1) is 10.4. The number of anilines is 1. The van der Waals surface area contributed by atoms with Crippen LogP contribution in [-0.2, 0) is 6.42 Å². The molecule has 118 valence electrons. The van der Waals surface area contributed by atoms with Gasteiger partial charge < -0.3 is 10.4 Å². The van der Waals surface area contributed by atoms with Crippen LogP contribution in [0, 0.1) is 5.41 Å². The van der Waals surface area contributed by atoms with Gasteiger partial charge in [-0.2, -0.15) is 0 Å². The average molecular weight is 300 g/mol. The van der Waals surface area contributed by atoms with E-state index in [0.717, 1.165) is 23.6 Å². The number of nitrogens with zero attached hydrogens (tertiary/aromatic N) is 3. The number of aliphatic hydroxyl groups is 1. The number of rotatable bonds is 5. The maximum Gasteiger partial charge on any atom is 0.180 e. The molecule has 2 rings (SSSR count). The van der Waals surface area contributed by atoms with Crippen molar-refractivity contribution in [1.82, 2.24) is 15.0 Å². The molecule has 2 aromatic rings. The van der Waals surface area contributed by atoms with Gasteiger partial charge in [0.25, 0.3) is 0 Å². The normalized spacial score (nSPS) is 13.0. The van der Waals surface area contributed by atoms with Crippen LogP contribution < -0.4 is 5.32 Å². The molecule has 0 saturated heterocycles. The standard InChI is InChI=1S/C17H24N4O/c1-5-12-10-15(19-11-14(22)17(2,3)4)21-16(20-12)13-8-6-7-9-18-13/h6-10,14,22H,5,11H2,1-4H3,(H,19,20,21). The van der Waals surface area contributed by atoms with Gasteiger partial charge in [0, 0.05) is 24.5 Å². The molecular weight excluding hydrogens is 276 g/mol. The lowest BCUT2D eigenvalue weighted by Crippen LogP contribution is -2.33. The number of pyridine rings is 1. The Labute approximate surface area is 131 Å². The smallest absolute Gasteiger partial charge is 0.180 e. The minimum atomic E-state index is -0.453. The SMILES string of the molecule is CCc1cc(NCC(O)C(C)(C)C)nc(-c2ccccn2)n1. The van der Waals surface area contributed by atoms with E-state index in [9.17, 15) is 5.11 Å². The topological polar surface area (TPSA) is 70.9 Å². The molecule has 0 saturated carbocycles. The van der Waals surface area contributed by atoms with Crippen molar-refractivity contribution in [3.8, 4) is 11.5 Å². The van der Waals surface area contributed by atoms with Gasteiger partial charge in [-0.3, -0.25) is 4.98 Å². The van der Waals surface area contributed by atoms with Crippen LogP contribution in [0.2, 0.25) is 0 Å². The highest BCUT2D eigenvalue weighted by molar-refractivity contribution is 5.52. The first-order valence-corrected chi connectivity index (χ1v) is 7.61. The van der Waals surface area contributed by atoms with Gasteiger partial charge in [0.15, 0.2) is 5.82 Å². The molecular formula is C17H24N4O. The largest absolute Gasteiger partial charge is 0.391 e. The predicted molar refractivity (Wildman–Crippen MR) is 88.6 cm³/mol. The van der Waals surface area contributed by atoms with Crippen LogP contribution in [0.25, 0.3) is 11.5 Å². The average Bonchev–Trinajstić information content (AvgIpc) is 2.52. The first-order valence-electron chi connectivity index (χ1n) is 7.61. The van der Waals surface area contributed by atoms with Crippen LogP contribution in [0.4, 0.5) is 5.82 Å². The zero-order valence-corrected chi connectivity index (χ0v) is 13.7. The molecule has 0 bridgehead atoms. The molecule has 1 atom stereocenters. The summed E-state index contributed by atoms with van der Waals surface area (Å²) in [5.74, 6) is 1.32. The van der Waals surface area contributed by atoms with Gasteiger partial charge in [-0.05, 0) is 24.0 Å². The summed E-state index contributed by atoms with van der Waals surface area (Å²) in [6, 6.07) is 7.59. The fourth-order valence-electron chi connectivity index (χ4n) is 1.89. The predicted octanol–water partition coefficient (Wildman–Crippen LogP) is 2.92. The Morgan fingerprint density at radius 2 is 2.00 bits per heavy atom. The van der Waals surface area contributed by atoms with Gasteiger partial charge >= 0.3 is 0 Å². The molecule has 5 heteroatoms. The fraction of sp³-hybridized carbons (Fsp3) is 0.471. The second-order valence-corrected chi connectivity index (χ2v) is 6.40. The summed E-state index contributed by atoms with van der Waals surface area (Å²) in [5, 5.41) is 13.3. The molecule has 2 N–H and O–H groups in total. The van der Waals surface area contributed by atoms with Gasteiger partial charge in [0.05, 0.1) is 6.10 Å². The Morgan fingerprint density at radius 1 is 1.23 bits per heavy atom. The second kappa shape index (κ2) is 6.83. The number of aryl methyl sites for hydroxylation is 1. The third-order valence-corrected chi connectivity index (χ3v) is 3.51.